The molecule has 0 unspecified atom stereocenters. The first-order chi connectivity index (χ1) is 13.8. The van der Waals surface area contributed by atoms with Crippen molar-refractivity contribution in [1.82, 2.24) is 25.0 Å². The van der Waals surface area contributed by atoms with Gasteiger partial charge in [0.2, 0.25) is 10.0 Å². The highest BCUT2D eigenvalue weighted by atomic mass is 32.2. The molecule has 0 spiro atoms. The highest BCUT2D eigenvalue weighted by Crippen LogP contribution is 2.29. The lowest BCUT2D eigenvalue weighted by molar-refractivity contribution is 0.0946. The number of carbonyl (C=O) groups is 1. The molecule has 0 atom stereocenters. The normalized spacial score (nSPS) is 22.4. The Kier molecular flexibility index (Phi) is 5.34. The molecule has 0 saturated heterocycles. The molecule has 1 aromatic carbocycles. The summed E-state index contributed by atoms with van der Waals surface area (Å²) < 4.78 is 55.8. The van der Waals surface area contributed by atoms with Gasteiger partial charge in [0.05, 0.1) is 12.2 Å². The number of carbonyl (C=O) groups excluding carboxylic acids is 1. The van der Waals surface area contributed by atoms with Gasteiger partial charge < -0.3 is 5.32 Å². The first kappa shape index (κ1) is 19.9. The molecule has 2 aliphatic carbocycles. The summed E-state index contributed by atoms with van der Waals surface area (Å²) in [5.41, 5.74) is 0.270. The fraction of sp³-hybridized carbons (Fsp3) is 0.500. The van der Waals surface area contributed by atoms with Crippen molar-refractivity contribution >= 4 is 15.9 Å². The summed E-state index contributed by atoms with van der Waals surface area (Å²) in [5.74, 6) is -2.19. The minimum absolute atomic E-state index is 0.00767. The summed E-state index contributed by atoms with van der Waals surface area (Å²) in [6.45, 7) is 0. The molecule has 2 fully saturated rings. The molecule has 0 aliphatic heterocycles. The quantitative estimate of drug-likeness (QED) is 0.736. The van der Waals surface area contributed by atoms with Crippen LogP contribution in [-0.2, 0) is 10.0 Å². The Morgan fingerprint density at radius 3 is 2.41 bits per heavy atom. The molecular formula is C18H21F2N5O3S. The molecule has 1 heterocycles. The smallest absolute Gasteiger partial charge is 0.273 e. The lowest BCUT2D eigenvalue weighted by atomic mass is 9.92. The van der Waals surface area contributed by atoms with Crippen LogP contribution in [0.25, 0.3) is 0 Å². The molecule has 11 heteroatoms. The van der Waals surface area contributed by atoms with E-state index in [1.54, 1.807) is 10.9 Å². The average molecular weight is 425 g/mol. The van der Waals surface area contributed by atoms with Crippen molar-refractivity contribution in [1.29, 1.82) is 0 Å². The lowest BCUT2D eigenvalue weighted by Crippen LogP contribution is -2.38. The number of aromatic nitrogens is 3. The summed E-state index contributed by atoms with van der Waals surface area (Å²) in [6.07, 6.45) is 5.90. The second-order valence-electron chi connectivity index (χ2n) is 7.53. The van der Waals surface area contributed by atoms with E-state index in [9.17, 15) is 22.0 Å². The van der Waals surface area contributed by atoms with Gasteiger partial charge in [-0.25, -0.2) is 26.6 Å². The summed E-state index contributed by atoms with van der Waals surface area (Å²) in [4.78, 5) is 11.5. The fourth-order valence-corrected chi connectivity index (χ4v) is 4.84. The third-order valence-electron chi connectivity index (χ3n) is 5.23. The van der Waals surface area contributed by atoms with E-state index < -0.39 is 26.6 Å². The fourth-order valence-electron chi connectivity index (χ4n) is 3.48. The van der Waals surface area contributed by atoms with Gasteiger partial charge in [-0.15, -0.1) is 5.10 Å². The summed E-state index contributed by atoms with van der Waals surface area (Å²) in [5, 5.41) is 10.8. The van der Waals surface area contributed by atoms with Crippen LogP contribution in [-0.4, -0.2) is 41.4 Å². The monoisotopic (exact) mass is 425 g/mol. The van der Waals surface area contributed by atoms with Crippen LogP contribution in [0.15, 0.2) is 29.3 Å². The Morgan fingerprint density at radius 1 is 1.07 bits per heavy atom. The van der Waals surface area contributed by atoms with Gasteiger partial charge in [0, 0.05) is 18.2 Å². The zero-order valence-electron chi connectivity index (χ0n) is 15.5. The minimum Gasteiger partial charge on any atom is -0.348 e. The van der Waals surface area contributed by atoms with E-state index in [1.165, 1.54) is 0 Å². The van der Waals surface area contributed by atoms with Crippen LogP contribution in [0.2, 0.25) is 0 Å². The van der Waals surface area contributed by atoms with E-state index >= 15 is 0 Å². The van der Waals surface area contributed by atoms with Crippen LogP contribution in [0.4, 0.5) is 8.78 Å². The van der Waals surface area contributed by atoms with Crippen molar-refractivity contribution in [2.24, 2.45) is 0 Å². The van der Waals surface area contributed by atoms with Gasteiger partial charge >= 0.3 is 0 Å². The first-order valence-electron chi connectivity index (χ1n) is 9.52. The molecule has 29 heavy (non-hydrogen) atoms. The van der Waals surface area contributed by atoms with Gasteiger partial charge in [0.25, 0.3) is 5.91 Å². The van der Waals surface area contributed by atoms with Gasteiger partial charge in [0.15, 0.2) is 5.69 Å². The molecule has 2 N–H and O–H groups in total. The molecule has 4 rings (SSSR count). The molecule has 0 radical (unpaired) electrons. The van der Waals surface area contributed by atoms with Crippen LogP contribution in [0.1, 0.15) is 55.1 Å². The van der Waals surface area contributed by atoms with Crippen molar-refractivity contribution in [2.75, 3.05) is 0 Å². The molecule has 2 saturated carbocycles. The van der Waals surface area contributed by atoms with E-state index in [0.29, 0.717) is 31.7 Å². The molecule has 2 aromatic rings. The first-order valence-corrected chi connectivity index (χ1v) is 11.0. The third-order valence-corrected chi connectivity index (χ3v) is 6.79. The Balaban J connectivity index is 1.34. The van der Waals surface area contributed by atoms with E-state index in [1.807, 2.05) is 0 Å². The predicted octanol–water partition coefficient (Wildman–Crippen LogP) is 1.91. The second kappa shape index (κ2) is 7.79. The molecule has 8 nitrogen and oxygen atoms in total. The SMILES string of the molecule is O=C(NC1CC1)c1cn(C2CCC(NS(=O)(=O)c3ccc(F)cc3F)CC2)nn1. The second-order valence-corrected chi connectivity index (χ2v) is 9.22. The minimum atomic E-state index is -4.08. The summed E-state index contributed by atoms with van der Waals surface area (Å²) >= 11 is 0. The molecule has 1 aromatic heterocycles. The summed E-state index contributed by atoms with van der Waals surface area (Å²) in [6, 6.07) is 2.27. The Hall–Kier alpha value is -2.40. The highest BCUT2D eigenvalue weighted by Gasteiger charge is 2.29. The number of amides is 1. The van der Waals surface area contributed by atoms with Gasteiger partial charge in [-0.2, -0.15) is 0 Å². The van der Waals surface area contributed by atoms with Gasteiger partial charge in [-0.1, -0.05) is 5.21 Å². The molecule has 2 aliphatic rings. The average Bonchev–Trinajstić information content (AvgIpc) is 3.33. The maximum Gasteiger partial charge on any atom is 0.273 e. The van der Waals surface area contributed by atoms with Crippen LogP contribution in [0, 0.1) is 11.6 Å². The van der Waals surface area contributed by atoms with E-state index in [0.717, 1.165) is 25.0 Å². The number of hydrogen-bond acceptors (Lipinski definition) is 5. The number of rotatable bonds is 6. The van der Waals surface area contributed by atoms with Crippen LogP contribution < -0.4 is 10.0 Å². The zero-order valence-corrected chi connectivity index (χ0v) is 16.3. The van der Waals surface area contributed by atoms with Gasteiger partial charge in [-0.05, 0) is 50.7 Å². The van der Waals surface area contributed by atoms with E-state index in [-0.39, 0.29) is 29.7 Å². The van der Waals surface area contributed by atoms with Crippen molar-refractivity contribution < 1.29 is 22.0 Å². The van der Waals surface area contributed by atoms with Gasteiger partial charge in [0.1, 0.15) is 16.5 Å². The van der Waals surface area contributed by atoms with Crippen molar-refractivity contribution in [2.45, 2.75) is 61.5 Å². The Bertz CT molecular complexity index is 1010. The maximum atomic E-state index is 13.8. The van der Waals surface area contributed by atoms with Crippen LogP contribution in [0.5, 0.6) is 0 Å². The number of halogens is 2. The van der Waals surface area contributed by atoms with Crippen LogP contribution in [0.3, 0.4) is 0 Å². The topological polar surface area (TPSA) is 106 Å². The molecular weight excluding hydrogens is 404 g/mol. The van der Waals surface area contributed by atoms with Crippen molar-refractivity contribution in [3.8, 4) is 0 Å². The number of nitrogens with zero attached hydrogens (tertiary/aromatic N) is 3. The number of hydrogen-bond donors (Lipinski definition) is 2. The maximum absolute atomic E-state index is 13.8. The predicted molar refractivity (Wildman–Crippen MR) is 98.5 cm³/mol. The van der Waals surface area contributed by atoms with Crippen LogP contribution >= 0.6 is 0 Å². The molecule has 156 valence electrons. The number of nitrogens with one attached hydrogen (secondary N) is 2. The lowest BCUT2D eigenvalue weighted by Gasteiger charge is -2.28. The Morgan fingerprint density at radius 2 is 1.76 bits per heavy atom. The van der Waals surface area contributed by atoms with Crippen molar-refractivity contribution in [3.05, 3.63) is 41.7 Å². The molecule has 0 bridgehead atoms. The zero-order chi connectivity index (χ0) is 20.6. The van der Waals surface area contributed by atoms with Gasteiger partial charge in [-0.3, -0.25) is 4.79 Å². The molecule has 1 amide bonds. The Labute approximate surface area is 166 Å². The number of sulfonamides is 1. The standard InChI is InChI=1S/C18H21F2N5O3S/c19-11-1-8-17(15(20)9-11)29(27,28)23-13-4-6-14(7-5-13)25-10-16(22-24-25)18(26)21-12-2-3-12/h1,8-10,12-14,23H,2-7H2,(H,21,26). The number of benzene rings is 1. The third kappa shape index (κ3) is 4.61. The van der Waals surface area contributed by atoms with E-state index in [2.05, 4.69) is 20.4 Å². The van der Waals surface area contributed by atoms with Crippen molar-refractivity contribution in [3.63, 3.8) is 0 Å². The largest absolute Gasteiger partial charge is 0.348 e. The highest BCUT2D eigenvalue weighted by molar-refractivity contribution is 7.89. The summed E-state index contributed by atoms with van der Waals surface area (Å²) in [7, 11) is -4.08. The van der Waals surface area contributed by atoms with E-state index in [4.69, 9.17) is 0 Å².